The number of hydrogen-bond acceptors (Lipinski definition) is 3. The summed E-state index contributed by atoms with van der Waals surface area (Å²) in [6, 6.07) is 1.93. The van der Waals surface area contributed by atoms with Crippen LogP contribution in [0.4, 0.5) is 4.39 Å². The van der Waals surface area contributed by atoms with Gasteiger partial charge in [0, 0.05) is 12.3 Å². The van der Waals surface area contributed by atoms with E-state index in [0.717, 1.165) is 0 Å². The van der Waals surface area contributed by atoms with Crippen LogP contribution in [0.15, 0.2) is 0 Å². The van der Waals surface area contributed by atoms with E-state index in [2.05, 4.69) is 15.4 Å². The molecule has 0 spiro atoms. The first-order valence-electron chi connectivity index (χ1n) is 3.18. The first-order chi connectivity index (χ1) is 5.25. The highest BCUT2D eigenvalue weighted by Crippen LogP contribution is 2.16. The summed E-state index contributed by atoms with van der Waals surface area (Å²) in [5, 5.41) is 17.2. The normalized spacial score (nSPS) is 12.5. The zero-order valence-corrected chi connectivity index (χ0v) is 6.00. The number of hydrogen-bond donors (Lipinski definition) is 1. The highest BCUT2D eigenvalue weighted by molar-refractivity contribution is 5.04. The molecule has 0 amide bonds. The van der Waals surface area contributed by atoms with Gasteiger partial charge in [0.25, 0.3) is 5.95 Å². The Labute approximate surface area is 63.0 Å². The van der Waals surface area contributed by atoms with Crippen LogP contribution in [-0.2, 0) is 0 Å². The quantitative estimate of drug-likeness (QED) is 0.689. The van der Waals surface area contributed by atoms with Gasteiger partial charge in [-0.15, -0.1) is 5.10 Å². The Morgan fingerprint density at radius 2 is 2.45 bits per heavy atom. The van der Waals surface area contributed by atoms with Gasteiger partial charge in [0.2, 0.25) is 0 Å². The molecule has 1 N–H and O–H groups in total. The third-order valence-corrected chi connectivity index (χ3v) is 1.39. The average molecular weight is 154 g/mol. The number of nitrogens with one attached hydrogen (secondary N) is 1. The van der Waals surface area contributed by atoms with Crippen LogP contribution in [-0.4, -0.2) is 15.4 Å². The van der Waals surface area contributed by atoms with Crippen molar-refractivity contribution in [2.24, 2.45) is 0 Å². The molecule has 0 aliphatic heterocycles. The fourth-order valence-corrected chi connectivity index (χ4v) is 0.773. The second kappa shape index (κ2) is 3.10. The van der Waals surface area contributed by atoms with E-state index in [1.54, 1.807) is 6.92 Å². The number of halogens is 1. The summed E-state index contributed by atoms with van der Waals surface area (Å²) < 4.78 is 12.6. The van der Waals surface area contributed by atoms with Crippen LogP contribution in [0.1, 0.15) is 25.0 Å². The lowest BCUT2D eigenvalue weighted by molar-refractivity contribution is 0.553. The molecule has 0 aliphatic carbocycles. The van der Waals surface area contributed by atoms with Crippen LogP contribution in [0.25, 0.3) is 0 Å². The van der Waals surface area contributed by atoms with Crippen molar-refractivity contribution in [1.29, 1.82) is 5.26 Å². The van der Waals surface area contributed by atoms with Gasteiger partial charge >= 0.3 is 0 Å². The molecule has 5 heteroatoms. The molecular weight excluding hydrogens is 147 g/mol. The molecule has 0 saturated carbocycles. The fraction of sp³-hybridized carbons (Fsp3) is 0.500. The highest BCUT2D eigenvalue weighted by atomic mass is 19.1. The van der Waals surface area contributed by atoms with Gasteiger partial charge in [0.1, 0.15) is 5.69 Å². The monoisotopic (exact) mass is 154 g/mol. The van der Waals surface area contributed by atoms with Crippen LogP contribution < -0.4 is 0 Å². The lowest BCUT2D eigenvalue weighted by atomic mass is 10.1. The molecule has 0 fully saturated rings. The van der Waals surface area contributed by atoms with Crippen molar-refractivity contribution in [2.45, 2.75) is 19.3 Å². The van der Waals surface area contributed by atoms with Gasteiger partial charge in [-0.1, -0.05) is 6.92 Å². The second-order valence-corrected chi connectivity index (χ2v) is 2.26. The van der Waals surface area contributed by atoms with E-state index in [0.29, 0.717) is 0 Å². The number of H-pyrrole nitrogens is 1. The highest BCUT2D eigenvalue weighted by Gasteiger charge is 2.14. The summed E-state index contributed by atoms with van der Waals surface area (Å²) in [6.45, 7) is 1.73. The molecule has 11 heavy (non-hydrogen) atoms. The molecular formula is C6H7FN4. The molecule has 1 aromatic rings. The maximum Gasteiger partial charge on any atom is 0.256 e. The van der Waals surface area contributed by atoms with E-state index in [4.69, 9.17) is 5.26 Å². The van der Waals surface area contributed by atoms with Gasteiger partial charge in [-0.25, -0.2) is 0 Å². The van der Waals surface area contributed by atoms with Crippen molar-refractivity contribution in [2.75, 3.05) is 0 Å². The first kappa shape index (κ1) is 7.66. The standard InChI is InChI=1S/C6H7FN4/c1-4(2-3-8)5-6(7)10-11-9-5/h4H,2H2,1H3,(H,9,10,11)/t4-/m1/s1. The van der Waals surface area contributed by atoms with Gasteiger partial charge in [0.15, 0.2) is 0 Å². The van der Waals surface area contributed by atoms with Crippen molar-refractivity contribution in [3.8, 4) is 6.07 Å². The van der Waals surface area contributed by atoms with E-state index in [1.165, 1.54) is 0 Å². The zero-order valence-electron chi connectivity index (χ0n) is 6.00. The smallest absolute Gasteiger partial charge is 0.198 e. The maximum atomic E-state index is 12.6. The fourth-order valence-electron chi connectivity index (χ4n) is 0.773. The number of aromatic amines is 1. The van der Waals surface area contributed by atoms with Crippen LogP contribution in [0, 0.1) is 17.3 Å². The Hall–Kier alpha value is -1.44. The number of nitrogens with zero attached hydrogens (tertiary/aromatic N) is 3. The van der Waals surface area contributed by atoms with Crippen LogP contribution in [0.3, 0.4) is 0 Å². The van der Waals surface area contributed by atoms with E-state index in [9.17, 15) is 4.39 Å². The minimum Gasteiger partial charge on any atom is -0.198 e. The molecule has 1 aromatic heterocycles. The van der Waals surface area contributed by atoms with E-state index >= 15 is 0 Å². The number of rotatable bonds is 2. The Balaban J connectivity index is 2.77. The lowest BCUT2D eigenvalue weighted by Gasteiger charge is -1.99. The third kappa shape index (κ3) is 1.52. The minimum atomic E-state index is -0.618. The SMILES string of the molecule is C[C@H](CC#N)c1n[nH]nc1F. The van der Waals surface area contributed by atoms with Gasteiger partial charge in [0.05, 0.1) is 6.07 Å². The summed E-state index contributed by atoms with van der Waals surface area (Å²) in [7, 11) is 0. The van der Waals surface area contributed by atoms with Gasteiger partial charge in [-0.05, 0) is 0 Å². The average Bonchev–Trinajstić information content (AvgIpc) is 2.36. The lowest BCUT2D eigenvalue weighted by Crippen LogP contribution is -1.95. The van der Waals surface area contributed by atoms with E-state index in [-0.39, 0.29) is 18.0 Å². The van der Waals surface area contributed by atoms with Crippen molar-refractivity contribution in [3.63, 3.8) is 0 Å². The topological polar surface area (TPSA) is 65.4 Å². The molecule has 1 heterocycles. The molecule has 0 aliphatic rings. The minimum absolute atomic E-state index is 0.196. The molecule has 1 rings (SSSR count). The van der Waals surface area contributed by atoms with Crippen molar-refractivity contribution in [3.05, 3.63) is 11.6 Å². The van der Waals surface area contributed by atoms with E-state index in [1.807, 2.05) is 6.07 Å². The van der Waals surface area contributed by atoms with Crippen LogP contribution >= 0.6 is 0 Å². The van der Waals surface area contributed by atoms with E-state index < -0.39 is 5.95 Å². The van der Waals surface area contributed by atoms with Gasteiger partial charge in [-0.3, -0.25) is 0 Å². The van der Waals surface area contributed by atoms with Gasteiger partial charge < -0.3 is 0 Å². The second-order valence-electron chi connectivity index (χ2n) is 2.26. The van der Waals surface area contributed by atoms with Crippen LogP contribution in [0.5, 0.6) is 0 Å². The zero-order chi connectivity index (χ0) is 8.27. The summed E-state index contributed by atoms with van der Waals surface area (Å²) in [6.07, 6.45) is 0.253. The van der Waals surface area contributed by atoms with Gasteiger partial charge in [-0.2, -0.15) is 20.0 Å². The first-order valence-corrected chi connectivity index (χ1v) is 3.18. The molecule has 1 atom stereocenters. The van der Waals surface area contributed by atoms with Crippen LogP contribution in [0.2, 0.25) is 0 Å². The summed E-state index contributed by atoms with van der Waals surface area (Å²) in [4.78, 5) is 0. The predicted molar refractivity (Wildman–Crippen MR) is 35.0 cm³/mol. The van der Waals surface area contributed by atoms with Crippen molar-refractivity contribution >= 4 is 0 Å². The summed E-state index contributed by atoms with van der Waals surface area (Å²) in [5.74, 6) is -0.813. The Morgan fingerprint density at radius 3 is 2.91 bits per heavy atom. The number of nitriles is 1. The third-order valence-electron chi connectivity index (χ3n) is 1.39. The number of aromatic nitrogens is 3. The summed E-state index contributed by atoms with van der Waals surface area (Å²) >= 11 is 0. The molecule has 4 nitrogen and oxygen atoms in total. The van der Waals surface area contributed by atoms with Crippen molar-refractivity contribution < 1.29 is 4.39 Å². The Morgan fingerprint density at radius 1 is 1.73 bits per heavy atom. The van der Waals surface area contributed by atoms with Crippen molar-refractivity contribution in [1.82, 2.24) is 15.4 Å². The molecule has 0 bridgehead atoms. The molecule has 58 valence electrons. The largest absolute Gasteiger partial charge is 0.256 e. The Kier molecular flexibility index (Phi) is 2.16. The molecule has 0 saturated heterocycles. The summed E-state index contributed by atoms with van der Waals surface area (Å²) in [5.41, 5.74) is 0.228. The molecule has 0 unspecified atom stereocenters. The molecule has 0 aromatic carbocycles. The maximum absolute atomic E-state index is 12.6. The molecule has 0 radical (unpaired) electrons. The Bertz CT molecular complexity index is 274. The predicted octanol–water partition coefficient (Wildman–Crippen LogP) is 0.961.